The molecule has 0 aliphatic heterocycles. The van der Waals surface area contributed by atoms with E-state index in [2.05, 4.69) is 28.8 Å². The molecule has 4 aromatic rings. The maximum atomic E-state index is 12.0. The molecule has 0 bridgehead atoms. The molecule has 0 radical (unpaired) electrons. The number of rotatable bonds is 3. The number of nitrogens with zero attached hydrogens (tertiary/aromatic N) is 2. The van der Waals surface area contributed by atoms with Crippen LogP contribution in [0.3, 0.4) is 0 Å². The zero-order valence-corrected chi connectivity index (χ0v) is 12.8. The Morgan fingerprint density at radius 3 is 2.48 bits per heavy atom. The van der Waals surface area contributed by atoms with E-state index in [0.717, 1.165) is 26.5 Å². The molecule has 0 aliphatic rings. The minimum Gasteiger partial charge on any atom is -0.619 e. The molecule has 0 N–H and O–H groups in total. The summed E-state index contributed by atoms with van der Waals surface area (Å²) in [7, 11) is 1.60. The van der Waals surface area contributed by atoms with Crippen LogP contribution in [0.2, 0.25) is 0 Å². The van der Waals surface area contributed by atoms with Crippen molar-refractivity contribution in [3.05, 3.63) is 77.8 Å². The van der Waals surface area contributed by atoms with E-state index in [1.807, 2.05) is 30.3 Å². The average molecular weight is 304 g/mol. The Kier molecular flexibility index (Phi) is 3.15. The van der Waals surface area contributed by atoms with Crippen molar-refractivity contribution in [2.45, 2.75) is 6.54 Å². The van der Waals surface area contributed by atoms with Gasteiger partial charge in [0.05, 0.1) is 12.5 Å². The van der Waals surface area contributed by atoms with E-state index in [0.29, 0.717) is 12.3 Å². The molecule has 0 atom stereocenters. The number of fused-ring (bicyclic) bond motifs is 3. The quantitative estimate of drug-likeness (QED) is 0.429. The summed E-state index contributed by atoms with van der Waals surface area (Å²) in [5.41, 5.74) is 3.16. The van der Waals surface area contributed by atoms with Crippen LogP contribution in [0.4, 0.5) is 0 Å². The first kappa shape index (κ1) is 13.6. The van der Waals surface area contributed by atoms with Gasteiger partial charge in [0.1, 0.15) is 5.52 Å². The van der Waals surface area contributed by atoms with Crippen LogP contribution in [-0.2, 0) is 6.54 Å². The van der Waals surface area contributed by atoms with Crippen LogP contribution in [0.25, 0.3) is 21.8 Å². The van der Waals surface area contributed by atoms with Crippen molar-refractivity contribution < 1.29 is 9.47 Å². The summed E-state index contributed by atoms with van der Waals surface area (Å²) in [5.74, 6) is 0.598. The molecule has 4 heteroatoms. The molecule has 4 rings (SSSR count). The fraction of sp³-hybridized carbons (Fsp3) is 0.105. The molecule has 0 aliphatic carbocycles. The highest BCUT2D eigenvalue weighted by Crippen LogP contribution is 2.34. The Bertz CT molecular complexity index is 991. The summed E-state index contributed by atoms with van der Waals surface area (Å²) in [6.45, 7) is 0.706. The standard InChI is InChI=1S/C19H16N2O2/c1-23-18-13-20(22)12-17-19(18)15-9-5-6-10-16(15)21(17)11-14-7-3-2-4-8-14/h2-10,12-13H,11H2,1H3. The van der Waals surface area contributed by atoms with Crippen molar-refractivity contribution >= 4 is 21.8 Å². The van der Waals surface area contributed by atoms with Gasteiger partial charge in [-0.1, -0.05) is 48.5 Å². The molecule has 2 aromatic heterocycles. The second-order valence-corrected chi connectivity index (χ2v) is 5.54. The van der Waals surface area contributed by atoms with Crippen molar-refractivity contribution in [1.29, 1.82) is 0 Å². The van der Waals surface area contributed by atoms with E-state index in [4.69, 9.17) is 4.74 Å². The third-order valence-corrected chi connectivity index (χ3v) is 4.15. The van der Waals surface area contributed by atoms with Crippen molar-refractivity contribution in [2.24, 2.45) is 0 Å². The predicted molar refractivity (Wildman–Crippen MR) is 90.5 cm³/mol. The lowest BCUT2D eigenvalue weighted by molar-refractivity contribution is -0.604. The molecule has 0 saturated carbocycles. The van der Waals surface area contributed by atoms with E-state index in [1.165, 1.54) is 11.8 Å². The molecule has 2 heterocycles. The SMILES string of the molecule is COc1c[n+]([O-])cc2c1c1ccccc1n2Cc1ccccc1. The number of hydrogen-bond donors (Lipinski definition) is 0. The Hall–Kier alpha value is -3.01. The minimum absolute atomic E-state index is 0.598. The van der Waals surface area contributed by atoms with E-state index in [1.54, 1.807) is 13.3 Å². The molecule has 4 nitrogen and oxygen atoms in total. The first-order valence-corrected chi connectivity index (χ1v) is 7.49. The molecule has 114 valence electrons. The molecule has 0 amide bonds. The monoisotopic (exact) mass is 304 g/mol. The highest BCUT2D eigenvalue weighted by molar-refractivity contribution is 6.10. The molecule has 0 spiro atoms. The number of ether oxygens (including phenoxy) is 1. The zero-order chi connectivity index (χ0) is 15.8. The lowest BCUT2D eigenvalue weighted by Crippen LogP contribution is -2.25. The lowest BCUT2D eigenvalue weighted by Gasteiger charge is -2.08. The summed E-state index contributed by atoms with van der Waals surface area (Å²) >= 11 is 0. The van der Waals surface area contributed by atoms with Gasteiger partial charge in [-0.3, -0.25) is 0 Å². The third kappa shape index (κ3) is 2.19. The largest absolute Gasteiger partial charge is 0.619 e. The van der Waals surface area contributed by atoms with Gasteiger partial charge in [0.2, 0.25) is 12.4 Å². The smallest absolute Gasteiger partial charge is 0.223 e. The number of aromatic nitrogens is 2. The number of hydrogen-bond acceptors (Lipinski definition) is 2. The van der Waals surface area contributed by atoms with Gasteiger partial charge in [0, 0.05) is 17.4 Å². The van der Waals surface area contributed by atoms with Gasteiger partial charge in [-0.15, -0.1) is 0 Å². The van der Waals surface area contributed by atoms with Crippen molar-refractivity contribution in [1.82, 2.24) is 4.57 Å². The number of pyridine rings is 1. The molecule has 0 unspecified atom stereocenters. The Morgan fingerprint density at radius 2 is 1.70 bits per heavy atom. The summed E-state index contributed by atoms with van der Waals surface area (Å²) in [6.07, 6.45) is 3.09. The predicted octanol–water partition coefficient (Wildman–Crippen LogP) is 3.48. The van der Waals surface area contributed by atoms with Crippen molar-refractivity contribution in [2.75, 3.05) is 7.11 Å². The molecule has 0 fully saturated rings. The zero-order valence-electron chi connectivity index (χ0n) is 12.8. The van der Waals surface area contributed by atoms with Crippen LogP contribution in [0, 0.1) is 5.21 Å². The molecule has 0 saturated heterocycles. The van der Waals surface area contributed by atoms with E-state index >= 15 is 0 Å². The van der Waals surface area contributed by atoms with Crippen LogP contribution in [-0.4, -0.2) is 11.7 Å². The van der Waals surface area contributed by atoms with Gasteiger partial charge in [0.25, 0.3) is 0 Å². The van der Waals surface area contributed by atoms with Crippen molar-refractivity contribution in [3.63, 3.8) is 0 Å². The third-order valence-electron chi connectivity index (χ3n) is 4.15. The molecule has 2 aromatic carbocycles. The summed E-state index contributed by atoms with van der Waals surface area (Å²) in [5, 5.41) is 14.0. The molecular formula is C19H16N2O2. The minimum atomic E-state index is 0.598. The normalized spacial score (nSPS) is 11.2. The average Bonchev–Trinajstić information content (AvgIpc) is 2.89. The number of para-hydroxylation sites is 1. The van der Waals surface area contributed by atoms with Crippen LogP contribution >= 0.6 is 0 Å². The molecule has 23 heavy (non-hydrogen) atoms. The van der Waals surface area contributed by atoms with E-state index in [-0.39, 0.29) is 0 Å². The summed E-state index contributed by atoms with van der Waals surface area (Å²) < 4.78 is 8.42. The Morgan fingerprint density at radius 1 is 0.957 bits per heavy atom. The first-order chi connectivity index (χ1) is 11.3. The van der Waals surface area contributed by atoms with Gasteiger partial charge in [-0.25, -0.2) is 0 Å². The second kappa shape index (κ2) is 5.32. The van der Waals surface area contributed by atoms with Gasteiger partial charge in [0.15, 0.2) is 5.75 Å². The summed E-state index contributed by atoms with van der Waals surface area (Å²) in [4.78, 5) is 0. The van der Waals surface area contributed by atoms with Crippen LogP contribution in [0.15, 0.2) is 67.0 Å². The fourth-order valence-corrected chi connectivity index (χ4v) is 3.15. The van der Waals surface area contributed by atoms with E-state index in [9.17, 15) is 5.21 Å². The lowest BCUT2D eigenvalue weighted by atomic mass is 10.2. The van der Waals surface area contributed by atoms with Crippen molar-refractivity contribution in [3.8, 4) is 5.75 Å². The second-order valence-electron chi connectivity index (χ2n) is 5.54. The number of benzene rings is 2. The van der Waals surface area contributed by atoms with Gasteiger partial charge in [-0.2, -0.15) is 4.73 Å². The number of methoxy groups -OCH3 is 1. The maximum absolute atomic E-state index is 12.0. The topological polar surface area (TPSA) is 41.1 Å². The molecular weight excluding hydrogens is 288 g/mol. The van der Waals surface area contributed by atoms with E-state index < -0.39 is 0 Å². The van der Waals surface area contributed by atoms with Gasteiger partial charge >= 0.3 is 0 Å². The fourth-order valence-electron chi connectivity index (χ4n) is 3.15. The van der Waals surface area contributed by atoms with Crippen LogP contribution in [0.5, 0.6) is 5.75 Å². The summed E-state index contributed by atoms with van der Waals surface area (Å²) in [6, 6.07) is 18.4. The Labute approximate surface area is 133 Å². The highest BCUT2D eigenvalue weighted by Gasteiger charge is 2.18. The highest BCUT2D eigenvalue weighted by atomic mass is 16.5. The van der Waals surface area contributed by atoms with Gasteiger partial charge < -0.3 is 14.5 Å². The first-order valence-electron chi connectivity index (χ1n) is 7.49. The van der Waals surface area contributed by atoms with Crippen LogP contribution in [0.1, 0.15) is 5.56 Å². The Balaban J connectivity index is 2.06. The maximum Gasteiger partial charge on any atom is 0.223 e. The van der Waals surface area contributed by atoms with Crippen LogP contribution < -0.4 is 9.47 Å². The van der Waals surface area contributed by atoms with Gasteiger partial charge in [-0.05, 0) is 11.6 Å².